The molecule has 0 radical (unpaired) electrons. The number of carbonyl (C=O) groups is 2. The van der Waals surface area contributed by atoms with Crippen LogP contribution < -0.4 is 10.2 Å². The Balaban J connectivity index is 1.92. The van der Waals surface area contributed by atoms with E-state index >= 15 is 0 Å². The largest absolute Gasteiger partial charge is 0.337 e. The maximum Gasteiger partial charge on any atom is 0.280 e. The van der Waals surface area contributed by atoms with Gasteiger partial charge in [0.15, 0.2) is 12.6 Å². The van der Waals surface area contributed by atoms with E-state index in [-0.39, 0.29) is 24.4 Å². The standard InChI is InChI=1S/C20H30BrN3O2/c1-13-8-14(2)11-24(10-13)20(26)16(4)23(5)12-19(25)22-18-7-6-17(21)9-15(18)3/h6-7,9,13-14,16H,8,10-12H2,1-5H3,(H,22,25)/p+1/t13-,14+,16-/m1/s1. The van der Waals surface area contributed by atoms with Crippen LogP contribution in [-0.2, 0) is 9.59 Å². The van der Waals surface area contributed by atoms with Crippen molar-refractivity contribution in [1.29, 1.82) is 0 Å². The van der Waals surface area contributed by atoms with Gasteiger partial charge in [-0.1, -0.05) is 29.8 Å². The molecule has 1 fully saturated rings. The van der Waals surface area contributed by atoms with E-state index in [1.807, 2.05) is 44.0 Å². The number of carbonyl (C=O) groups excluding carboxylic acids is 2. The number of anilines is 1. The van der Waals surface area contributed by atoms with Crippen molar-refractivity contribution in [2.24, 2.45) is 11.8 Å². The molecular formula is C20H31BrN3O2+. The minimum Gasteiger partial charge on any atom is -0.337 e. The van der Waals surface area contributed by atoms with Gasteiger partial charge < -0.3 is 15.1 Å². The second kappa shape index (κ2) is 9.00. The van der Waals surface area contributed by atoms with Crippen molar-refractivity contribution in [1.82, 2.24) is 4.90 Å². The summed E-state index contributed by atoms with van der Waals surface area (Å²) in [4.78, 5) is 28.1. The van der Waals surface area contributed by atoms with Gasteiger partial charge in [-0.25, -0.2) is 0 Å². The highest BCUT2D eigenvalue weighted by molar-refractivity contribution is 9.10. The van der Waals surface area contributed by atoms with Crippen LogP contribution in [0.15, 0.2) is 22.7 Å². The van der Waals surface area contributed by atoms with Gasteiger partial charge in [0.25, 0.3) is 11.8 Å². The van der Waals surface area contributed by atoms with Crippen molar-refractivity contribution in [2.75, 3.05) is 32.0 Å². The highest BCUT2D eigenvalue weighted by Gasteiger charge is 2.32. The Labute approximate surface area is 165 Å². The van der Waals surface area contributed by atoms with Crippen LogP contribution in [0.4, 0.5) is 5.69 Å². The SMILES string of the molecule is Cc1cc(Br)ccc1NC(=O)C[NH+](C)[C@H](C)C(=O)N1C[C@H](C)C[C@H](C)C1. The smallest absolute Gasteiger partial charge is 0.280 e. The average Bonchev–Trinajstić information content (AvgIpc) is 2.55. The first kappa shape index (κ1) is 20.9. The zero-order valence-electron chi connectivity index (χ0n) is 16.4. The fourth-order valence-electron chi connectivity index (χ4n) is 3.70. The van der Waals surface area contributed by atoms with Gasteiger partial charge >= 0.3 is 0 Å². The van der Waals surface area contributed by atoms with Crippen LogP contribution in [0.25, 0.3) is 0 Å². The number of aryl methyl sites for hydroxylation is 1. The van der Waals surface area contributed by atoms with Gasteiger partial charge in [-0.3, -0.25) is 9.59 Å². The summed E-state index contributed by atoms with van der Waals surface area (Å²) in [5, 5.41) is 2.95. The number of quaternary nitrogens is 1. The highest BCUT2D eigenvalue weighted by atomic mass is 79.9. The summed E-state index contributed by atoms with van der Waals surface area (Å²) >= 11 is 3.42. The predicted molar refractivity (Wildman–Crippen MR) is 108 cm³/mol. The molecule has 2 rings (SSSR count). The quantitative estimate of drug-likeness (QED) is 0.760. The van der Waals surface area contributed by atoms with E-state index in [1.165, 1.54) is 6.42 Å². The maximum atomic E-state index is 12.8. The summed E-state index contributed by atoms with van der Waals surface area (Å²) in [7, 11) is 1.91. The van der Waals surface area contributed by atoms with Crippen molar-refractivity contribution in [3.63, 3.8) is 0 Å². The Bertz CT molecular complexity index is 654. The number of hydrogen-bond acceptors (Lipinski definition) is 2. The third-order valence-corrected chi connectivity index (χ3v) is 5.69. The molecule has 1 heterocycles. The summed E-state index contributed by atoms with van der Waals surface area (Å²) in [5.74, 6) is 1.15. The van der Waals surface area contributed by atoms with E-state index < -0.39 is 0 Å². The number of rotatable bonds is 5. The zero-order valence-corrected chi connectivity index (χ0v) is 18.0. The molecule has 0 saturated carbocycles. The second-order valence-corrected chi connectivity index (χ2v) is 8.86. The van der Waals surface area contributed by atoms with Crippen molar-refractivity contribution in [2.45, 2.75) is 40.2 Å². The Morgan fingerprint density at radius 1 is 1.31 bits per heavy atom. The normalized spacial score (nSPS) is 22.6. The molecule has 5 nitrogen and oxygen atoms in total. The first-order valence-corrected chi connectivity index (χ1v) is 10.1. The Kier molecular flexibility index (Phi) is 7.24. The minimum atomic E-state index is -0.232. The van der Waals surface area contributed by atoms with Crippen molar-refractivity contribution in [3.05, 3.63) is 28.2 Å². The van der Waals surface area contributed by atoms with Crippen LogP contribution in [0.3, 0.4) is 0 Å². The third-order valence-electron chi connectivity index (χ3n) is 5.19. The molecule has 1 unspecified atom stereocenters. The Morgan fingerprint density at radius 3 is 2.50 bits per heavy atom. The number of hydrogen-bond donors (Lipinski definition) is 2. The van der Waals surface area contributed by atoms with E-state index in [2.05, 4.69) is 35.1 Å². The molecule has 1 aromatic carbocycles. The van der Waals surface area contributed by atoms with Gasteiger partial charge in [0.05, 0.1) is 7.05 Å². The summed E-state index contributed by atoms with van der Waals surface area (Å²) in [6.07, 6.45) is 1.18. The number of likely N-dealkylation sites (tertiary alicyclic amines) is 1. The molecule has 26 heavy (non-hydrogen) atoms. The Morgan fingerprint density at radius 2 is 1.92 bits per heavy atom. The summed E-state index contributed by atoms with van der Waals surface area (Å²) < 4.78 is 0.986. The zero-order chi connectivity index (χ0) is 19.4. The van der Waals surface area contributed by atoms with E-state index in [9.17, 15) is 9.59 Å². The number of piperidine rings is 1. The third kappa shape index (κ3) is 5.55. The fraction of sp³-hybridized carbons (Fsp3) is 0.600. The molecule has 0 spiro atoms. The number of benzene rings is 1. The van der Waals surface area contributed by atoms with Gasteiger partial charge in [0.2, 0.25) is 0 Å². The topological polar surface area (TPSA) is 53.9 Å². The monoisotopic (exact) mass is 424 g/mol. The van der Waals surface area contributed by atoms with E-state index in [4.69, 9.17) is 0 Å². The first-order valence-electron chi connectivity index (χ1n) is 9.34. The van der Waals surface area contributed by atoms with Crippen LogP contribution in [-0.4, -0.2) is 49.4 Å². The number of likely N-dealkylation sites (N-methyl/N-ethyl adjacent to an activating group) is 1. The van der Waals surface area contributed by atoms with Gasteiger partial charge in [-0.05, 0) is 55.9 Å². The van der Waals surface area contributed by atoms with Gasteiger partial charge in [0.1, 0.15) is 0 Å². The van der Waals surface area contributed by atoms with Crippen molar-refractivity contribution in [3.8, 4) is 0 Å². The number of nitrogens with one attached hydrogen (secondary N) is 2. The van der Waals surface area contributed by atoms with Crippen LogP contribution in [0.1, 0.15) is 32.8 Å². The molecular weight excluding hydrogens is 394 g/mol. The molecule has 4 atom stereocenters. The molecule has 0 aromatic heterocycles. The summed E-state index contributed by atoms with van der Waals surface area (Å²) in [5.41, 5.74) is 1.81. The summed E-state index contributed by atoms with van der Waals surface area (Å²) in [6.45, 7) is 10.2. The van der Waals surface area contributed by atoms with E-state index in [0.29, 0.717) is 11.8 Å². The van der Waals surface area contributed by atoms with Gasteiger partial charge in [-0.15, -0.1) is 0 Å². The molecule has 144 valence electrons. The van der Waals surface area contributed by atoms with Gasteiger partial charge in [-0.2, -0.15) is 0 Å². The average molecular weight is 425 g/mol. The highest BCUT2D eigenvalue weighted by Crippen LogP contribution is 2.21. The summed E-state index contributed by atoms with van der Waals surface area (Å²) in [6, 6.07) is 5.53. The van der Waals surface area contributed by atoms with E-state index in [1.54, 1.807) is 0 Å². The van der Waals surface area contributed by atoms with Crippen LogP contribution in [0.2, 0.25) is 0 Å². The van der Waals surface area contributed by atoms with Crippen LogP contribution >= 0.6 is 15.9 Å². The molecule has 6 heteroatoms. The molecule has 1 saturated heterocycles. The molecule has 0 aliphatic carbocycles. The predicted octanol–water partition coefficient (Wildman–Crippen LogP) is 2.10. The number of halogens is 1. The van der Waals surface area contributed by atoms with Gasteiger partial charge in [0, 0.05) is 23.2 Å². The fourth-order valence-corrected chi connectivity index (χ4v) is 4.17. The number of amides is 2. The number of nitrogens with zero attached hydrogens (tertiary/aromatic N) is 1. The van der Waals surface area contributed by atoms with Crippen molar-refractivity contribution < 1.29 is 14.5 Å². The van der Waals surface area contributed by atoms with Crippen LogP contribution in [0.5, 0.6) is 0 Å². The lowest BCUT2D eigenvalue weighted by atomic mass is 9.91. The van der Waals surface area contributed by atoms with Crippen LogP contribution in [0, 0.1) is 18.8 Å². The Hall–Kier alpha value is -1.40. The molecule has 2 amide bonds. The first-order chi connectivity index (χ1) is 12.2. The maximum absolute atomic E-state index is 12.8. The second-order valence-electron chi connectivity index (χ2n) is 7.94. The molecule has 2 N–H and O–H groups in total. The molecule has 1 aliphatic heterocycles. The minimum absolute atomic E-state index is 0.0760. The molecule has 0 bridgehead atoms. The van der Waals surface area contributed by atoms with Crippen molar-refractivity contribution >= 4 is 33.4 Å². The lowest BCUT2D eigenvalue weighted by molar-refractivity contribution is -0.886. The molecule has 1 aromatic rings. The lowest BCUT2D eigenvalue weighted by Crippen LogP contribution is -3.15. The van der Waals surface area contributed by atoms with E-state index in [0.717, 1.165) is 33.7 Å². The molecule has 1 aliphatic rings. The lowest BCUT2D eigenvalue weighted by Gasteiger charge is -2.36.